The van der Waals surface area contributed by atoms with Gasteiger partial charge in [-0.25, -0.2) is 0 Å². The molecule has 0 unspecified atom stereocenters. The summed E-state index contributed by atoms with van der Waals surface area (Å²) in [5, 5.41) is 42.1. The minimum absolute atomic E-state index is 0.0335. The summed E-state index contributed by atoms with van der Waals surface area (Å²) < 4.78 is 17.6. The number of rotatable bonds is 2. The Balaban J connectivity index is 1.70. The maximum Gasteiger partial charge on any atom is 0.197 e. The third kappa shape index (κ3) is 3.17. The van der Waals surface area contributed by atoms with Crippen LogP contribution in [0, 0.1) is 0 Å². The van der Waals surface area contributed by atoms with Crippen molar-refractivity contribution in [1.29, 1.82) is 0 Å². The van der Waals surface area contributed by atoms with Gasteiger partial charge in [0.25, 0.3) is 0 Å². The summed E-state index contributed by atoms with van der Waals surface area (Å²) in [6.07, 6.45) is -2.43. The zero-order valence-corrected chi connectivity index (χ0v) is 18.4. The number of aliphatic hydroxyl groups excluding tert-OH is 2. The monoisotopic (exact) mass is 452 g/mol. The SMILES string of the molecule is C=C(C)[C@@H]1Cc2c(cc(O)c3c(=O)cc(-c4cc(O)c5c(c4)[C@H](O)[C@@H](O)C(C)(C)O5)oc23)O1. The second-order valence-corrected chi connectivity index (χ2v) is 9.22. The molecule has 0 spiro atoms. The highest BCUT2D eigenvalue weighted by Gasteiger charge is 2.43. The Morgan fingerprint density at radius 2 is 1.85 bits per heavy atom. The highest BCUT2D eigenvalue weighted by molar-refractivity contribution is 5.90. The fraction of sp³-hybridized carbons (Fsp3) is 0.320. The molecule has 0 fully saturated rings. The molecule has 8 heteroatoms. The third-order valence-corrected chi connectivity index (χ3v) is 6.33. The number of hydrogen-bond donors (Lipinski definition) is 4. The maximum atomic E-state index is 12.9. The van der Waals surface area contributed by atoms with E-state index in [9.17, 15) is 25.2 Å². The Morgan fingerprint density at radius 3 is 2.55 bits per heavy atom. The van der Waals surface area contributed by atoms with E-state index in [2.05, 4.69) is 6.58 Å². The molecule has 2 aliphatic heterocycles. The molecule has 3 aromatic rings. The molecule has 0 aliphatic carbocycles. The predicted molar refractivity (Wildman–Crippen MR) is 120 cm³/mol. The van der Waals surface area contributed by atoms with E-state index in [1.165, 1.54) is 24.3 Å². The van der Waals surface area contributed by atoms with E-state index in [1.54, 1.807) is 13.8 Å². The lowest BCUT2D eigenvalue weighted by atomic mass is 9.87. The topological polar surface area (TPSA) is 130 Å². The first-order chi connectivity index (χ1) is 15.5. The standard InChI is InChI=1S/C25H24O8/c1-10(2)17-7-12-19(31-17)9-15(27)20-14(26)8-18(32-23(12)20)11-5-13-21(29)24(30)25(3,4)33-22(13)16(28)6-11/h5-6,8-9,17,21,24,27-30H,1,7H2,2-4H3/t17-,21-,24+/m0/s1. The van der Waals surface area contributed by atoms with Crippen LogP contribution in [0.3, 0.4) is 0 Å². The van der Waals surface area contributed by atoms with Gasteiger partial charge in [0.15, 0.2) is 16.9 Å². The Bertz CT molecular complexity index is 1380. The smallest absolute Gasteiger partial charge is 0.197 e. The van der Waals surface area contributed by atoms with Crippen molar-refractivity contribution in [2.45, 2.75) is 51.1 Å². The van der Waals surface area contributed by atoms with Gasteiger partial charge in [0, 0.05) is 35.2 Å². The molecule has 0 bridgehead atoms. The first-order valence-corrected chi connectivity index (χ1v) is 10.5. The van der Waals surface area contributed by atoms with Crippen molar-refractivity contribution >= 4 is 11.0 Å². The van der Waals surface area contributed by atoms with Crippen molar-refractivity contribution in [2.24, 2.45) is 0 Å². The molecule has 0 saturated carbocycles. The fourth-order valence-electron chi connectivity index (χ4n) is 4.42. The van der Waals surface area contributed by atoms with Gasteiger partial charge in [0.05, 0.1) is 0 Å². The van der Waals surface area contributed by atoms with Crippen LogP contribution in [0.25, 0.3) is 22.3 Å². The van der Waals surface area contributed by atoms with E-state index in [0.717, 1.165) is 5.57 Å². The van der Waals surface area contributed by atoms with Gasteiger partial charge in [-0.3, -0.25) is 4.79 Å². The number of hydrogen-bond acceptors (Lipinski definition) is 8. The van der Waals surface area contributed by atoms with Crippen LogP contribution < -0.4 is 14.9 Å². The van der Waals surface area contributed by atoms with Crippen molar-refractivity contribution in [2.75, 3.05) is 0 Å². The van der Waals surface area contributed by atoms with Crippen molar-refractivity contribution in [3.63, 3.8) is 0 Å². The van der Waals surface area contributed by atoms with E-state index < -0.39 is 23.2 Å². The first kappa shape index (κ1) is 21.4. The maximum absolute atomic E-state index is 12.9. The van der Waals surface area contributed by atoms with Crippen LogP contribution in [0.1, 0.15) is 38.0 Å². The van der Waals surface area contributed by atoms with Gasteiger partial charge in [-0.1, -0.05) is 6.58 Å². The molecule has 0 amide bonds. The van der Waals surface area contributed by atoms with Gasteiger partial charge in [-0.05, 0) is 38.5 Å². The molecule has 8 nitrogen and oxygen atoms in total. The molecule has 33 heavy (non-hydrogen) atoms. The van der Waals surface area contributed by atoms with E-state index >= 15 is 0 Å². The number of aromatic hydroxyl groups is 2. The summed E-state index contributed by atoms with van der Waals surface area (Å²) in [5.41, 5.74) is 0.509. The Kier molecular flexibility index (Phi) is 4.53. The molecule has 5 rings (SSSR count). The summed E-state index contributed by atoms with van der Waals surface area (Å²) in [5.74, 6) is 0.0605. The van der Waals surface area contributed by atoms with Crippen molar-refractivity contribution in [3.05, 3.63) is 57.8 Å². The van der Waals surface area contributed by atoms with E-state index in [1.807, 2.05) is 6.92 Å². The fourth-order valence-corrected chi connectivity index (χ4v) is 4.42. The summed E-state index contributed by atoms with van der Waals surface area (Å²) in [4.78, 5) is 12.9. The van der Waals surface area contributed by atoms with E-state index in [-0.39, 0.29) is 45.6 Å². The molecular weight excluding hydrogens is 428 g/mol. The van der Waals surface area contributed by atoms with Crippen LogP contribution in [0.15, 0.2) is 45.6 Å². The molecule has 0 radical (unpaired) electrons. The molecule has 1 aromatic heterocycles. The molecule has 172 valence electrons. The lowest BCUT2D eigenvalue weighted by molar-refractivity contribution is -0.112. The number of fused-ring (bicyclic) bond motifs is 4. The molecule has 2 aliphatic rings. The summed E-state index contributed by atoms with van der Waals surface area (Å²) in [7, 11) is 0. The normalized spacial score (nSPS) is 22.9. The van der Waals surface area contributed by atoms with E-state index in [4.69, 9.17) is 13.9 Å². The van der Waals surface area contributed by atoms with E-state index in [0.29, 0.717) is 23.3 Å². The zero-order chi connectivity index (χ0) is 23.8. The second-order valence-electron chi connectivity index (χ2n) is 9.22. The molecule has 3 heterocycles. The van der Waals surface area contributed by atoms with Gasteiger partial charge in [0.2, 0.25) is 0 Å². The number of phenolic OH excluding ortho intramolecular Hbond substituents is 2. The number of aliphatic hydroxyl groups is 2. The lowest BCUT2D eigenvalue weighted by Crippen LogP contribution is -2.48. The number of phenols is 2. The summed E-state index contributed by atoms with van der Waals surface area (Å²) in [6, 6.07) is 5.47. The van der Waals surface area contributed by atoms with Crippen molar-refractivity contribution in [1.82, 2.24) is 0 Å². The molecule has 4 N–H and O–H groups in total. The van der Waals surface area contributed by atoms with Crippen molar-refractivity contribution < 1.29 is 34.3 Å². The molecular formula is C25H24O8. The number of benzene rings is 2. The van der Waals surface area contributed by atoms with Gasteiger partial charge in [-0.2, -0.15) is 0 Å². The van der Waals surface area contributed by atoms with Crippen molar-refractivity contribution in [3.8, 4) is 34.3 Å². The van der Waals surface area contributed by atoms with Gasteiger partial charge in [-0.15, -0.1) is 0 Å². The third-order valence-electron chi connectivity index (χ3n) is 6.33. The van der Waals surface area contributed by atoms with Crippen LogP contribution in [0.4, 0.5) is 0 Å². The Labute approximate surface area is 188 Å². The predicted octanol–water partition coefficient (Wildman–Crippen LogP) is 3.32. The van der Waals surface area contributed by atoms with Crippen LogP contribution >= 0.6 is 0 Å². The zero-order valence-electron chi connectivity index (χ0n) is 18.4. The quantitative estimate of drug-likeness (QED) is 0.436. The minimum Gasteiger partial charge on any atom is -0.507 e. The second kappa shape index (κ2) is 7.00. The summed E-state index contributed by atoms with van der Waals surface area (Å²) in [6.45, 7) is 8.96. The number of ether oxygens (including phenoxy) is 2. The van der Waals surface area contributed by atoms with Crippen LogP contribution in [-0.2, 0) is 6.42 Å². The lowest BCUT2D eigenvalue weighted by Gasteiger charge is -2.40. The highest BCUT2D eigenvalue weighted by atomic mass is 16.5. The van der Waals surface area contributed by atoms with Crippen LogP contribution in [-0.4, -0.2) is 38.2 Å². The molecule has 3 atom stereocenters. The molecule has 2 aromatic carbocycles. The highest BCUT2D eigenvalue weighted by Crippen LogP contribution is 2.47. The van der Waals surface area contributed by atoms with Crippen LogP contribution in [0.2, 0.25) is 0 Å². The average Bonchev–Trinajstić information content (AvgIpc) is 3.17. The molecule has 0 saturated heterocycles. The Morgan fingerprint density at radius 1 is 1.12 bits per heavy atom. The Hall–Kier alpha value is -3.49. The van der Waals surface area contributed by atoms with Gasteiger partial charge >= 0.3 is 0 Å². The van der Waals surface area contributed by atoms with Gasteiger partial charge in [0.1, 0.15) is 52.1 Å². The summed E-state index contributed by atoms with van der Waals surface area (Å²) >= 11 is 0. The average molecular weight is 452 g/mol. The largest absolute Gasteiger partial charge is 0.507 e. The minimum atomic E-state index is -1.32. The first-order valence-electron chi connectivity index (χ1n) is 10.5. The van der Waals surface area contributed by atoms with Gasteiger partial charge < -0.3 is 34.3 Å². The van der Waals surface area contributed by atoms with Crippen LogP contribution in [0.5, 0.6) is 23.0 Å².